The number of H-pyrrole nitrogens is 4. The first-order valence-electron chi connectivity index (χ1n) is 37.8. The van der Waals surface area contributed by atoms with Gasteiger partial charge in [-0.1, -0.05) is 139 Å². The van der Waals surface area contributed by atoms with Gasteiger partial charge in [0.25, 0.3) is 0 Å². The molecule has 8 bridgehead atoms. The van der Waals surface area contributed by atoms with Gasteiger partial charge in [0, 0.05) is 24.2 Å². The summed E-state index contributed by atoms with van der Waals surface area (Å²) in [5.41, 5.74) is 12.9. The topological polar surface area (TPSA) is 332 Å². The number of aromatic nitrogens is 8. The van der Waals surface area contributed by atoms with E-state index in [1.165, 1.54) is 82.1 Å². The maximum Gasteiger partial charge on any atom is 0.407 e. The number of nitrogens with one attached hydrogen (secondary N) is 9. The van der Waals surface area contributed by atoms with E-state index < -0.39 is 42.4 Å². The maximum absolute atomic E-state index is 13.9. The van der Waals surface area contributed by atoms with E-state index in [4.69, 9.17) is 34.5 Å². The van der Waals surface area contributed by atoms with Crippen LogP contribution in [0.15, 0.2) is 122 Å². The first-order valence-corrected chi connectivity index (χ1v) is 37.8. The molecule has 15 atom stereocenters. The fraction of sp³-hybridized carbons (Fsp3) is 0.481. The van der Waals surface area contributed by atoms with Crippen LogP contribution >= 0.6 is 0 Å². The van der Waals surface area contributed by atoms with Crippen LogP contribution in [0.3, 0.4) is 0 Å². The first-order chi connectivity index (χ1) is 51.2. The Bertz CT molecular complexity index is 4170. The Labute approximate surface area is 617 Å². The molecule has 4 saturated heterocycles. The molecule has 25 nitrogen and oxygen atoms in total. The molecular formula is C81H99N15O10. The lowest BCUT2D eigenvalue weighted by molar-refractivity contribution is -0.141. The molecule has 8 unspecified atom stereocenters. The zero-order chi connectivity index (χ0) is 74.2. The van der Waals surface area contributed by atoms with Crippen molar-refractivity contribution in [2.75, 3.05) is 21.3 Å². The number of rotatable bonds is 19. The highest BCUT2D eigenvalue weighted by Gasteiger charge is 2.53. The van der Waals surface area contributed by atoms with Crippen molar-refractivity contribution in [2.45, 2.75) is 185 Å². The van der Waals surface area contributed by atoms with Crippen molar-refractivity contribution in [3.05, 3.63) is 145 Å². The molecule has 106 heavy (non-hydrogen) atoms. The average Bonchev–Trinajstić information content (AvgIpc) is 1.60. The Morgan fingerprint density at radius 2 is 0.670 bits per heavy atom. The molecule has 25 heteroatoms. The summed E-state index contributed by atoms with van der Waals surface area (Å²) >= 11 is 0. The van der Waals surface area contributed by atoms with Gasteiger partial charge in [0.15, 0.2) is 0 Å². The number of carbonyl (C=O) groups is 6. The number of benzene rings is 4. The van der Waals surface area contributed by atoms with E-state index in [1.54, 1.807) is 13.8 Å². The van der Waals surface area contributed by atoms with Crippen molar-refractivity contribution in [3.8, 4) is 67.3 Å². The molecule has 8 fully saturated rings. The highest BCUT2D eigenvalue weighted by Crippen LogP contribution is 2.52. The van der Waals surface area contributed by atoms with Gasteiger partial charge in [0.2, 0.25) is 11.8 Å². The predicted molar refractivity (Wildman–Crippen MR) is 400 cm³/mol. The molecule has 4 aliphatic carbocycles. The quantitative estimate of drug-likeness (QED) is 0.0336. The molecule has 4 aliphatic heterocycles. The van der Waals surface area contributed by atoms with Crippen LogP contribution < -0.4 is 26.6 Å². The maximum atomic E-state index is 13.9. The number of hydrogen-bond donors (Lipinski definition) is 10. The summed E-state index contributed by atoms with van der Waals surface area (Å²) < 4.78 is 13.9. The summed E-state index contributed by atoms with van der Waals surface area (Å²) in [6.45, 7) is 11.1. The fourth-order valence-corrected chi connectivity index (χ4v) is 18.0. The van der Waals surface area contributed by atoms with Crippen LogP contribution in [0.5, 0.6) is 0 Å². The number of fused-ring (bicyclic) bond motifs is 8. The van der Waals surface area contributed by atoms with Gasteiger partial charge in [-0.3, -0.25) is 9.59 Å². The second-order valence-corrected chi connectivity index (χ2v) is 31.1. The Morgan fingerprint density at radius 1 is 0.387 bits per heavy atom. The number of hydrogen-bond acceptors (Lipinski definition) is 15. The standard InChI is InChI=1S/C44H54N8O6.C30H32N6.C7H13NO4/c1-23(2)35(49-43(55)57-5)41(53)51-31-17-15-29(19-31)37(51)39-45-21-33(47-39)27-11-7-25(8-12-27)26-9-13-28(14-10-26)34-22-46-40(48-34)38-30-16-18-32(20-30)52(38)42(54)36(24(3)4)50-44(56)58-6;1-5-19(25-15-31-29(35-25)27-21-9-11-23(13-21)33-27)6-2-17(1)18-3-7-20(8-4-18)26-16-32-30(36-26)28-22-10-12-24(14-22)34-28;1-4(2)5(6(9)10)8-7(11)12-3/h7-14,21-24,29-32,35-38H,15-20H2,1-6H3,(H,45,47)(H,46,48)(H,49,55)(H,50,56);1-8,15-16,21-24,27-28,33-34H,9-14H2,(H,31,35)(H,32,36);4-5H,1-3H3,(H,8,11)(H,9,10)/t29?,30?,31?,32?,35-,36-,37-,38-;21?,22?,23?,24?,27-,28-;5-/m000/s1. The van der Waals surface area contributed by atoms with Crippen LogP contribution in [0.2, 0.25) is 0 Å². The molecule has 8 aliphatic rings. The summed E-state index contributed by atoms with van der Waals surface area (Å²) in [5.74, 6) is 4.22. The number of nitrogens with zero attached hydrogens (tertiary/aromatic N) is 6. The minimum absolute atomic E-state index is 0.0933. The third-order valence-electron chi connectivity index (χ3n) is 23.6. The molecule has 0 spiro atoms. The number of ether oxygens (including phenoxy) is 3. The number of imidazole rings is 4. The van der Waals surface area contributed by atoms with Gasteiger partial charge in [-0.05, 0) is 163 Å². The van der Waals surface area contributed by atoms with Gasteiger partial charge in [0.1, 0.15) is 41.4 Å². The van der Waals surface area contributed by atoms with Crippen LogP contribution in [-0.4, -0.2) is 154 Å². The van der Waals surface area contributed by atoms with Gasteiger partial charge in [-0.15, -0.1) is 0 Å². The highest BCUT2D eigenvalue weighted by atomic mass is 16.5. The van der Waals surface area contributed by atoms with Gasteiger partial charge in [0.05, 0.1) is 93.1 Å². The lowest BCUT2D eigenvalue weighted by Crippen LogP contribution is -2.54. The van der Waals surface area contributed by atoms with E-state index in [2.05, 4.69) is 148 Å². The zero-order valence-corrected chi connectivity index (χ0v) is 61.7. The molecule has 5 amide bonds. The molecule has 4 aromatic heterocycles. The summed E-state index contributed by atoms with van der Waals surface area (Å²) in [4.78, 5) is 110. The van der Waals surface area contributed by atoms with E-state index >= 15 is 0 Å². The number of carbonyl (C=O) groups excluding carboxylic acids is 5. The zero-order valence-electron chi connectivity index (χ0n) is 61.7. The molecule has 558 valence electrons. The van der Waals surface area contributed by atoms with Crippen molar-refractivity contribution in [3.63, 3.8) is 0 Å². The lowest BCUT2D eigenvalue weighted by atomic mass is 9.95. The number of aliphatic carboxylic acids is 1. The van der Waals surface area contributed by atoms with Crippen molar-refractivity contribution in [2.24, 2.45) is 41.4 Å². The van der Waals surface area contributed by atoms with Crippen LogP contribution in [0.1, 0.15) is 166 Å². The van der Waals surface area contributed by atoms with Crippen LogP contribution in [-0.2, 0) is 28.6 Å². The smallest absolute Gasteiger partial charge is 0.407 e. The molecule has 8 aromatic rings. The van der Waals surface area contributed by atoms with Gasteiger partial charge in [-0.25, -0.2) is 39.1 Å². The first kappa shape index (κ1) is 72.8. The molecular weight excluding hydrogens is 1340 g/mol. The fourth-order valence-electron chi connectivity index (χ4n) is 18.0. The Kier molecular flexibility index (Phi) is 21.4. The number of alkyl carbamates (subject to hydrolysis) is 3. The third kappa shape index (κ3) is 15.1. The van der Waals surface area contributed by atoms with E-state index in [0.717, 1.165) is 119 Å². The Balaban J connectivity index is 0.000000165. The minimum atomic E-state index is -1.06. The Morgan fingerprint density at radius 3 is 0.943 bits per heavy atom. The minimum Gasteiger partial charge on any atom is -0.480 e. The van der Waals surface area contributed by atoms with Gasteiger partial charge < -0.3 is 75.6 Å². The van der Waals surface area contributed by atoms with Crippen molar-refractivity contribution < 1.29 is 48.1 Å². The van der Waals surface area contributed by atoms with E-state index in [-0.39, 0.29) is 53.7 Å². The van der Waals surface area contributed by atoms with Crippen molar-refractivity contribution in [1.29, 1.82) is 0 Å². The van der Waals surface area contributed by atoms with Crippen LogP contribution in [0.4, 0.5) is 14.4 Å². The largest absolute Gasteiger partial charge is 0.480 e. The van der Waals surface area contributed by atoms with E-state index in [9.17, 15) is 28.8 Å². The molecule has 10 N–H and O–H groups in total. The number of methoxy groups -OCH3 is 3. The number of carboxylic acid groups (broad SMARTS) is 1. The number of aromatic amines is 4. The summed E-state index contributed by atoms with van der Waals surface area (Å²) in [5, 5.41) is 23.8. The Hall–Kier alpha value is -10.1. The second-order valence-electron chi connectivity index (χ2n) is 31.1. The normalized spacial score (nSPS) is 25.1. The van der Waals surface area contributed by atoms with Crippen molar-refractivity contribution >= 4 is 36.1 Å². The second kappa shape index (κ2) is 31.1. The summed E-state index contributed by atoms with van der Waals surface area (Å²) in [6.07, 6.45) is 19.4. The number of carboxylic acids is 1. The molecule has 0 radical (unpaired) electrons. The van der Waals surface area contributed by atoms with Gasteiger partial charge in [-0.2, -0.15) is 0 Å². The average molecular weight is 1440 g/mol. The van der Waals surface area contributed by atoms with E-state index in [0.29, 0.717) is 36.0 Å². The molecule has 4 saturated carbocycles. The monoisotopic (exact) mass is 1440 g/mol. The van der Waals surface area contributed by atoms with Crippen LogP contribution in [0.25, 0.3) is 67.3 Å². The summed E-state index contributed by atoms with van der Waals surface area (Å²) in [6, 6.07) is 34.1. The lowest BCUT2D eigenvalue weighted by Gasteiger charge is -2.37. The van der Waals surface area contributed by atoms with E-state index in [1.807, 2.05) is 62.3 Å². The molecule has 8 heterocycles. The third-order valence-corrected chi connectivity index (χ3v) is 23.6. The number of piperidine rings is 4. The number of amides is 5. The SMILES string of the molecule is COC(=O)N[C@H](C(=O)N1C2CCC(C2)[C@H]1c1ncc(-c2ccc(-c3ccc(-c4cnc([C@@H]5C6CCC(C6)N5C(=O)[C@@H](NC(=O)OC)C(C)C)[nH]4)cc3)cc2)[nH]1)C(C)C.COC(=O)N[C@H](C(=O)O)C(C)C.c1cc(-c2cnc([C@H]3NC4CCC3C4)[nH]2)ccc1-c1ccc(-c2cnc([C@H]3NC4CCC3C4)[nH]2)cc1. The number of likely N-dealkylation sites (tertiary alicyclic amines) is 2. The predicted octanol–water partition coefficient (Wildman–Crippen LogP) is 13.2. The van der Waals surface area contributed by atoms with Crippen LogP contribution in [0, 0.1) is 41.4 Å². The summed E-state index contributed by atoms with van der Waals surface area (Å²) in [7, 11) is 3.80. The van der Waals surface area contributed by atoms with Gasteiger partial charge >= 0.3 is 24.2 Å². The van der Waals surface area contributed by atoms with Crippen molar-refractivity contribution in [1.82, 2.24) is 76.3 Å². The molecule has 4 aromatic carbocycles. The molecule has 16 rings (SSSR count). The highest BCUT2D eigenvalue weighted by molar-refractivity contribution is 5.88.